The van der Waals surface area contributed by atoms with Crippen LogP contribution < -0.4 is 5.32 Å². The van der Waals surface area contributed by atoms with Gasteiger partial charge in [-0.05, 0) is 41.8 Å². The van der Waals surface area contributed by atoms with E-state index >= 15 is 0 Å². The minimum Gasteiger partial charge on any atom is -0.325 e. The first-order chi connectivity index (χ1) is 13.1. The summed E-state index contributed by atoms with van der Waals surface area (Å²) in [6.45, 7) is 0. The van der Waals surface area contributed by atoms with Gasteiger partial charge in [-0.25, -0.2) is 4.39 Å². The Morgan fingerprint density at radius 1 is 1.26 bits per heavy atom. The Balaban J connectivity index is 1.47. The Hall–Kier alpha value is -2.49. The molecule has 0 unspecified atom stereocenters. The van der Waals surface area contributed by atoms with Crippen molar-refractivity contribution in [2.24, 2.45) is 0 Å². The predicted octanol–water partition coefficient (Wildman–Crippen LogP) is 4.38. The second kappa shape index (κ2) is 7.63. The van der Waals surface area contributed by atoms with Crippen LogP contribution in [0.2, 0.25) is 5.02 Å². The van der Waals surface area contributed by atoms with E-state index in [0.29, 0.717) is 16.5 Å². The molecule has 27 heavy (non-hydrogen) atoms. The van der Waals surface area contributed by atoms with Gasteiger partial charge in [-0.2, -0.15) is 9.61 Å². The van der Waals surface area contributed by atoms with E-state index < -0.39 is 5.82 Å². The number of fused-ring (bicyclic) bond motifs is 1. The molecule has 1 amide bonds. The number of carbonyl (C=O) groups is 1. The fourth-order valence-corrected chi connectivity index (χ4v) is 3.81. The summed E-state index contributed by atoms with van der Waals surface area (Å²) in [6, 6.07) is 11.7. The second-order valence-corrected chi connectivity index (χ2v) is 7.71. The van der Waals surface area contributed by atoms with E-state index in [-0.39, 0.29) is 16.7 Å². The molecule has 0 saturated heterocycles. The van der Waals surface area contributed by atoms with E-state index in [0.717, 1.165) is 10.6 Å². The highest BCUT2D eigenvalue weighted by molar-refractivity contribution is 7.99. The van der Waals surface area contributed by atoms with E-state index in [4.69, 9.17) is 11.6 Å². The van der Waals surface area contributed by atoms with Crippen molar-refractivity contribution in [3.05, 3.63) is 58.7 Å². The van der Waals surface area contributed by atoms with Crippen molar-refractivity contribution in [1.82, 2.24) is 19.8 Å². The van der Waals surface area contributed by atoms with Crippen molar-refractivity contribution in [3.8, 4) is 10.6 Å². The second-order valence-electron chi connectivity index (χ2n) is 5.41. The number of hydrogen-bond donors (Lipinski definition) is 1. The standard InChI is InChI=1S/C17H11ClFN5OS2/c18-11-4-3-10(8-12(11)19)20-16(25)9-27-17-22-21-15-6-5-13(23-24(15)17)14-2-1-7-26-14/h1-8H,9H2,(H,20,25). The molecule has 1 N–H and O–H groups in total. The number of nitrogens with zero attached hydrogens (tertiary/aromatic N) is 4. The number of benzene rings is 1. The van der Waals surface area contributed by atoms with Crippen LogP contribution in [0.15, 0.2) is 53.0 Å². The molecule has 3 heterocycles. The lowest BCUT2D eigenvalue weighted by molar-refractivity contribution is -0.113. The molecule has 0 aliphatic carbocycles. The number of rotatable bonds is 5. The molecule has 4 aromatic rings. The van der Waals surface area contributed by atoms with Crippen molar-refractivity contribution in [3.63, 3.8) is 0 Å². The summed E-state index contributed by atoms with van der Waals surface area (Å²) in [5.41, 5.74) is 1.74. The van der Waals surface area contributed by atoms with Gasteiger partial charge in [-0.1, -0.05) is 29.4 Å². The fraction of sp³-hybridized carbons (Fsp3) is 0.0588. The van der Waals surface area contributed by atoms with Crippen LogP contribution in [0.1, 0.15) is 0 Å². The molecule has 0 fully saturated rings. The largest absolute Gasteiger partial charge is 0.325 e. The lowest BCUT2D eigenvalue weighted by atomic mass is 10.3. The van der Waals surface area contributed by atoms with Crippen molar-refractivity contribution in [1.29, 1.82) is 0 Å². The summed E-state index contributed by atoms with van der Waals surface area (Å²) >= 11 is 8.42. The molecular formula is C17H11ClFN5OS2. The predicted molar refractivity (Wildman–Crippen MR) is 105 cm³/mol. The van der Waals surface area contributed by atoms with Crippen LogP contribution in [0.25, 0.3) is 16.2 Å². The topological polar surface area (TPSA) is 72.2 Å². The van der Waals surface area contributed by atoms with Gasteiger partial charge in [0.15, 0.2) is 5.65 Å². The number of halogens is 2. The molecule has 0 radical (unpaired) electrons. The molecule has 10 heteroatoms. The monoisotopic (exact) mass is 419 g/mol. The third-order valence-electron chi connectivity index (χ3n) is 3.54. The van der Waals surface area contributed by atoms with Gasteiger partial charge in [0.1, 0.15) is 11.5 Å². The molecule has 0 saturated carbocycles. The van der Waals surface area contributed by atoms with E-state index in [1.54, 1.807) is 15.9 Å². The van der Waals surface area contributed by atoms with Crippen LogP contribution in [-0.4, -0.2) is 31.5 Å². The molecule has 0 spiro atoms. The molecule has 0 aliphatic rings. The Kier molecular flexibility index (Phi) is 5.06. The van der Waals surface area contributed by atoms with E-state index in [1.165, 1.54) is 30.0 Å². The van der Waals surface area contributed by atoms with Crippen LogP contribution in [-0.2, 0) is 4.79 Å². The van der Waals surface area contributed by atoms with Gasteiger partial charge in [-0.15, -0.1) is 21.5 Å². The Morgan fingerprint density at radius 2 is 2.15 bits per heavy atom. The number of thiophene rings is 1. The van der Waals surface area contributed by atoms with Crippen molar-refractivity contribution in [2.75, 3.05) is 11.1 Å². The third kappa shape index (κ3) is 3.95. The number of thioether (sulfide) groups is 1. The number of aromatic nitrogens is 4. The number of amides is 1. The minimum atomic E-state index is -0.587. The highest BCUT2D eigenvalue weighted by Gasteiger charge is 2.12. The molecule has 0 aliphatic heterocycles. The van der Waals surface area contributed by atoms with Crippen LogP contribution >= 0.6 is 34.7 Å². The van der Waals surface area contributed by atoms with Crippen molar-refractivity contribution >= 4 is 51.9 Å². The van der Waals surface area contributed by atoms with Gasteiger partial charge in [0.05, 0.1) is 15.7 Å². The first kappa shape index (κ1) is 17.9. The zero-order chi connectivity index (χ0) is 18.8. The molecule has 0 atom stereocenters. The third-order valence-corrected chi connectivity index (χ3v) is 5.66. The van der Waals surface area contributed by atoms with Gasteiger partial charge in [0, 0.05) is 5.69 Å². The average Bonchev–Trinajstić information content (AvgIpc) is 3.32. The zero-order valence-electron chi connectivity index (χ0n) is 13.6. The smallest absolute Gasteiger partial charge is 0.234 e. The summed E-state index contributed by atoms with van der Waals surface area (Å²) in [6.07, 6.45) is 0. The summed E-state index contributed by atoms with van der Waals surface area (Å²) in [4.78, 5) is 13.2. The zero-order valence-corrected chi connectivity index (χ0v) is 16.0. The van der Waals surface area contributed by atoms with E-state index in [2.05, 4.69) is 20.6 Å². The highest BCUT2D eigenvalue weighted by atomic mass is 35.5. The maximum Gasteiger partial charge on any atom is 0.234 e. The maximum absolute atomic E-state index is 13.5. The molecule has 4 rings (SSSR count). The summed E-state index contributed by atoms with van der Waals surface area (Å²) in [7, 11) is 0. The highest BCUT2D eigenvalue weighted by Crippen LogP contribution is 2.24. The Labute approximate surface area is 166 Å². The normalized spacial score (nSPS) is 11.0. The molecule has 0 bridgehead atoms. The number of anilines is 1. The fourth-order valence-electron chi connectivity index (χ4n) is 2.32. The SMILES string of the molecule is O=C(CSc1nnc2ccc(-c3cccs3)nn12)Nc1ccc(Cl)c(F)c1. The lowest BCUT2D eigenvalue weighted by Gasteiger charge is -2.05. The van der Waals surface area contributed by atoms with Crippen LogP contribution in [0, 0.1) is 5.82 Å². The van der Waals surface area contributed by atoms with E-state index in [1.807, 2.05) is 29.6 Å². The Bertz CT molecular complexity index is 1120. The number of nitrogens with one attached hydrogen (secondary N) is 1. The van der Waals surface area contributed by atoms with Crippen molar-refractivity contribution < 1.29 is 9.18 Å². The molecule has 136 valence electrons. The van der Waals surface area contributed by atoms with Gasteiger partial charge in [0.25, 0.3) is 0 Å². The lowest BCUT2D eigenvalue weighted by Crippen LogP contribution is -2.14. The maximum atomic E-state index is 13.5. The van der Waals surface area contributed by atoms with Gasteiger partial charge < -0.3 is 5.32 Å². The van der Waals surface area contributed by atoms with Crippen LogP contribution in [0.5, 0.6) is 0 Å². The molecule has 6 nitrogen and oxygen atoms in total. The van der Waals surface area contributed by atoms with Gasteiger partial charge in [-0.3, -0.25) is 4.79 Å². The first-order valence-corrected chi connectivity index (χ1v) is 9.98. The first-order valence-electron chi connectivity index (χ1n) is 7.74. The molecular weight excluding hydrogens is 409 g/mol. The van der Waals surface area contributed by atoms with Crippen molar-refractivity contribution in [2.45, 2.75) is 5.16 Å². The minimum absolute atomic E-state index is 0.00456. The Morgan fingerprint density at radius 3 is 2.93 bits per heavy atom. The van der Waals surface area contributed by atoms with Gasteiger partial charge >= 0.3 is 0 Å². The average molecular weight is 420 g/mol. The van der Waals surface area contributed by atoms with Crippen LogP contribution in [0.4, 0.5) is 10.1 Å². The van der Waals surface area contributed by atoms with E-state index in [9.17, 15) is 9.18 Å². The summed E-state index contributed by atoms with van der Waals surface area (Å²) < 4.78 is 15.1. The number of hydrogen-bond acceptors (Lipinski definition) is 6. The molecule has 1 aromatic carbocycles. The molecule has 3 aromatic heterocycles. The summed E-state index contributed by atoms with van der Waals surface area (Å²) in [5.74, 6) is -0.806. The summed E-state index contributed by atoms with van der Waals surface area (Å²) in [5, 5.41) is 17.8. The number of carbonyl (C=O) groups excluding carboxylic acids is 1. The quantitative estimate of drug-likeness (QED) is 0.486. The van der Waals surface area contributed by atoms with Gasteiger partial charge in [0.2, 0.25) is 11.1 Å². The van der Waals surface area contributed by atoms with Crippen LogP contribution in [0.3, 0.4) is 0 Å².